The second-order valence-corrected chi connectivity index (χ2v) is 3.83. The van der Waals surface area contributed by atoms with Crippen molar-refractivity contribution in [3.63, 3.8) is 0 Å². The third-order valence-corrected chi connectivity index (χ3v) is 2.28. The summed E-state index contributed by atoms with van der Waals surface area (Å²) in [6.07, 6.45) is 1.27. The molecule has 0 N–H and O–H groups in total. The van der Waals surface area contributed by atoms with Gasteiger partial charge in [-0.3, -0.25) is 0 Å². The molecule has 0 fully saturated rings. The zero-order chi connectivity index (χ0) is 11.1. The van der Waals surface area contributed by atoms with Crippen LogP contribution in [0.4, 0.5) is 0 Å². The molecule has 84 valence electrons. The van der Waals surface area contributed by atoms with Gasteiger partial charge in [-0.1, -0.05) is 6.92 Å². The predicted molar refractivity (Wildman–Crippen MR) is 66.2 cm³/mol. The summed E-state index contributed by atoms with van der Waals surface area (Å²) in [5.74, 6) is 2.48. The molecule has 0 spiro atoms. The van der Waals surface area contributed by atoms with Crippen LogP contribution in [0.3, 0.4) is 0 Å². The van der Waals surface area contributed by atoms with Crippen molar-refractivity contribution in [2.24, 2.45) is 0 Å². The Morgan fingerprint density at radius 1 is 1.20 bits per heavy atom. The third-order valence-electron chi connectivity index (χ3n) is 2.10. The molecule has 0 saturated heterocycles. The highest BCUT2D eigenvalue weighted by molar-refractivity contribution is 7.80. The lowest BCUT2D eigenvalue weighted by molar-refractivity contribution is 0.217. The molecule has 1 aromatic rings. The molecule has 15 heavy (non-hydrogen) atoms. The molecule has 2 nitrogen and oxygen atoms in total. The summed E-state index contributed by atoms with van der Waals surface area (Å²) in [6.45, 7) is 4.80. The molecule has 1 atom stereocenters. The zero-order valence-corrected chi connectivity index (χ0v) is 10.2. The van der Waals surface area contributed by atoms with Crippen molar-refractivity contribution in [3.8, 4) is 11.5 Å². The van der Waals surface area contributed by atoms with Crippen molar-refractivity contribution in [2.45, 2.75) is 26.4 Å². The van der Waals surface area contributed by atoms with Crippen molar-refractivity contribution >= 4 is 12.6 Å². The molecule has 0 heterocycles. The highest BCUT2D eigenvalue weighted by Gasteiger charge is 2.00. The minimum atomic E-state index is 0.259. The highest BCUT2D eigenvalue weighted by atomic mass is 32.1. The first-order valence-corrected chi connectivity index (χ1v) is 5.90. The Labute approximate surface area is 97.0 Å². The maximum absolute atomic E-state index is 5.65. The summed E-state index contributed by atoms with van der Waals surface area (Å²) in [4.78, 5) is 0. The van der Waals surface area contributed by atoms with Crippen LogP contribution in [-0.2, 0) is 0 Å². The topological polar surface area (TPSA) is 18.5 Å². The van der Waals surface area contributed by atoms with Crippen LogP contribution in [0.25, 0.3) is 0 Å². The second kappa shape index (κ2) is 6.62. The molecule has 1 unspecified atom stereocenters. The van der Waals surface area contributed by atoms with Crippen molar-refractivity contribution in [2.75, 3.05) is 12.4 Å². The lowest BCUT2D eigenvalue weighted by Crippen LogP contribution is -2.09. The van der Waals surface area contributed by atoms with Crippen molar-refractivity contribution < 1.29 is 9.47 Å². The Bertz CT molecular complexity index is 271. The Morgan fingerprint density at radius 2 is 1.80 bits per heavy atom. The van der Waals surface area contributed by atoms with Gasteiger partial charge in [0.1, 0.15) is 11.5 Å². The summed E-state index contributed by atoms with van der Waals surface area (Å²) in [6, 6.07) is 7.70. The Hall–Kier alpha value is -0.830. The number of benzene rings is 1. The van der Waals surface area contributed by atoms with E-state index >= 15 is 0 Å². The molecule has 0 bridgehead atoms. The molecule has 0 aliphatic heterocycles. The van der Waals surface area contributed by atoms with Gasteiger partial charge in [0.15, 0.2) is 0 Å². The summed E-state index contributed by atoms with van der Waals surface area (Å²) in [7, 11) is 0. The van der Waals surface area contributed by atoms with Crippen molar-refractivity contribution in [1.29, 1.82) is 0 Å². The smallest absolute Gasteiger partial charge is 0.119 e. The Balaban J connectivity index is 2.48. The molecule has 3 heteroatoms. The van der Waals surface area contributed by atoms with Crippen molar-refractivity contribution in [1.82, 2.24) is 0 Å². The van der Waals surface area contributed by atoms with Crippen LogP contribution in [0.5, 0.6) is 11.5 Å². The van der Waals surface area contributed by atoms with E-state index in [0.29, 0.717) is 6.61 Å². The quantitative estimate of drug-likeness (QED) is 0.751. The molecule has 0 amide bonds. The highest BCUT2D eigenvalue weighted by Crippen LogP contribution is 2.19. The molecule has 0 aromatic heterocycles. The van der Waals surface area contributed by atoms with Crippen LogP contribution in [0.2, 0.25) is 0 Å². The number of thiol groups is 1. The summed E-state index contributed by atoms with van der Waals surface area (Å²) in [5, 5.41) is 0. The van der Waals surface area contributed by atoms with Gasteiger partial charge in [0.05, 0.1) is 12.7 Å². The standard InChI is InChI=1S/C12H18O2S/c1-3-10(2)14-12-6-4-11(5-7-12)13-8-9-15/h4-7,10,15H,3,8-9H2,1-2H3. The van der Waals surface area contributed by atoms with E-state index in [4.69, 9.17) is 9.47 Å². The summed E-state index contributed by atoms with van der Waals surface area (Å²) in [5.41, 5.74) is 0. The van der Waals surface area contributed by atoms with Crippen LogP contribution in [-0.4, -0.2) is 18.5 Å². The van der Waals surface area contributed by atoms with E-state index in [1.165, 1.54) is 0 Å². The molecule has 0 aliphatic carbocycles. The van der Waals surface area contributed by atoms with E-state index in [1.54, 1.807) is 0 Å². The van der Waals surface area contributed by atoms with Gasteiger partial charge in [0.2, 0.25) is 0 Å². The van der Waals surface area contributed by atoms with Crippen molar-refractivity contribution in [3.05, 3.63) is 24.3 Å². The Morgan fingerprint density at radius 3 is 2.33 bits per heavy atom. The Kier molecular flexibility index (Phi) is 5.40. The van der Waals surface area contributed by atoms with E-state index < -0.39 is 0 Å². The fraction of sp³-hybridized carbons (Fsp3) is 0.500. The zero-order valence-electron chi connectivity index (χ0n) is 9.27. The molecule has 0 radical (unpaired) electrons. The minimum absolute atomic E-state index is 0.259. The van der Waals surface area contributed by atoms with E-state index in [-0.39, 0.29) is 6.10 Å². The van der Waals surface area contributed by atoms with Gasteiger partial charge in [-0.15, -0.1) is 0 Å². The average Bonchev–Trinajstić information content (AvgIpc) is 2.28. The van der Waals surface area contributed by atoms with Gasteiger partial charge in [0.25, 0.3) is 0 Å². The summed E-state index contributed by atoms with van der Waals surface area (Å²) < 4.78 is 11.1. The predicted octanol–water partition coefficient (Wildman–Crippen LogP) is 3.17. The number of ether oxygens (including phenoxy) is 2. The van der Waals surface area contributed by atoms with E-state index in [2.05, 4.69) is 26.5 Å². The molecular formula is C12H18O2S. The molecule has 0 aliphatic rings. The van der Waals surface area contributed by atoms with Crippen LogP contribution in [0.15, 0.2) is 24.3 Å². The summed E-state index contributed by atoms with van der Waals surface area (Å²) >= 11 is 4.08. The van der Waals surface area contributed by atoms with E-state index in [0.717, 1.165) is 23.7 Å². The maximum atomic E-state index is 5.65. The lowest BCUT2D eigenvalue weighted by Gasteiger charge is -2.12. The largest absolute Gasteiger partial charge is 0.493 e. The van der Waals surface area contributed by atoms with E-state index in [1.807, 2.05) is 24.3 Å². The monoisotopic (exact) mass is 226 g/mol. The maximum Gasteiger partial charge on any atom is 0.119 e. The van der Waals surface area contributed by atoms with Crippen LogP contribution >= 0.6 is 12.6 Å². The minimum Gasteiger partial charge on any atom is -0.493 e. The van der Waals surface area contributed by atoms with Gasteiger partial charge in [-0.05, 0) is 37.6 Å². The van der Waals surface area contributed by atoms with Gasteiger partial charge < -0.3 is 9.47 Å². The van der Waals surface area contributed by atoms with Gasteiger partial charge in [-0.25, -0.2) is 0 Å². The molecular weight excluding hydrogens is 208 g/mol. The average molecular weight is 226 g/mol. The first kappa shape index (κ1) is 12.2. The second-order valence-electron chi connectivity index (χ2n) is 3.38. The normalized spacial score (nSPS) is 12.2. The number of hydrogen-bond donors (Lipinski definition) is 1. The first-order valence-electron chi connectivity index (χ1n) is 5.26. The fourth-order valence-corrected chi connectivity index (χ4v) is 1.18. The van der Waals surface area contributed by atoms with Crippen LogP contribution in [0, 0.1) is 0 Å². The van der Waals surface area contributed by atoms with Crippen LogP contribution < -0.4 is 9.47 Å². The lowest BCUT2D eigenvalue weighted by atomic mass is 10.3. The molecule has 1 rings (SSSR count). The molecule has 0 saturated carbocycles. The third kappa shape index (κ3) is 4.47. The van der Waals surface area contributed by atoms with Gasteiger partial charge in [-0.2, -0.15) is 12.6 Å². The van der Waals surface area contributed by atoms with Gasteiger partial charge >= 0.3 is 0 Å². The SMILES string of the molecule is CCC(C)Oc1ccc(OCCS)cc1. The van der Waals surface area contributed by atoms with Gasteiger partial charge in [0, 0.05) is 5.75 Å². The van der Waals surface area contributed by atoms with Crippen LogP contribution in [0.1, 0.15) is 20.3 Å². The fourth-order valence-electron chi connectivity index (χ4n) is 1.09. The molecule has 1 aromatic carbocycles. The van der Waals surface area contributed by atoms with E-state index in [9.17, 15) is 0 Å². The number of rotatable bonds is 6. The number of hydrogen-bond acceptors (Lipinski definition) is 3. The first-order chi connectivity index (χ1) is 7.26.